The maximum atomic E-state index is 12.8. The first kappa shape index (κ1) is 15.5. The predicted octanol–water partition coefficient (Wildman–Crippen LogP) is 2.66. The van der Waals surface area contributed by atoms with E-state index in [1.165, 1.54) is 18.2 Å². The van der Waals surface area contributed by atoms with Gasteiger partial charge in [0.15, 0.2) is 5.60 Å². The topological polar surface area (TPSA) is 98.5 Å². The minimum absolute atomic E-state index is 0.112. The smallest absolute Gasteiger partial charge is 0.313 e. The van der Waals surface area contributed by atoms with Crippen molar-refractivity contribution in [3.63, 3.8) is 0 Å². The maximum absolute atomic E-state index is 12.8. The number of hydrogen-bond acceptors (Lipinski definition) is 5. The predicted molar refractivity (Wildman–Crippen MR) is 81.7 cm³/mol. The van der Waals surface area contributed by atoms with Crippen molar-refractivity contribution >= 4 is 23.3 Å². The number of nitro benzene ring substituents is 1. The van der Waals surface area contributed by atoms with Crippen molar-refractivity contribution in [2.45, 2.75) is 39.2 Å². The normalized spacial score (nSPS) is 30.8. The number of non-ortho nitro benzene ring substituents is 1. The van der Waals surface area contributed by atoms with E-state index in [4.69, 9.17) is 4.74 Å². The number of nitro groups is 1. The zero-order valence-corrected chi connectivity index (χ0v) is 13.2. The minimum Gasteiger partial charge on any atom is -0.448 e. The molecule has 1 aliphatic heterocycles. The van der Waals surface area contributed by atoms with Crippen LogP contribution in [0.15, 0.2) is 24.3 Å². The Balaban J connectivity index is 1.91. The number of rotatable bonds is 3. The quantitative estimate of drug-likeness (QED) is 0.525. The molecule has 1 N–H and O–H groups in total. The average Bonchev–Trinajstić information content (AvgIpc) is 2.78. The fourth-order valence-electron chi connectivity index (χ4n) is 3.68. The average molecular weight is 318 g/mol. The number of benzene rings is 1. The Kier molecular flexibility index (Phi) is 3.05. The van der Waals surface area contributed by atoms with Gasteiger partial charge in [-0.25, -0.2) is 0 Å². The van der Waals surface area contributed by atoms with Crippen LogP contribution < -0.4 is 5.32 Å². The lowest BCUT2D eigenvalue weighted by Crippen LogP contribution is -2.50. The molecule has 1 amide bonds. The number of nitrogens with one attached hydrogen (secondary N) is 1. The van der Waals surface area contributed by atoms with Crippen molar-refractivity contribution < 1.29 is 19.2 Å². The molecule has 0 spiro atoms. The summed E-state index contributed by atoms with van der Waals surface area (Å²) < 4.78 is 5.49. The summed E-state index contributed by atoms with van der Waals surface area (Å²) in [6, 6.07) is 5.70. The van der Waals surface area contributed by atoms with Crippen LogP contribution in [-0.4, -0.2) is 22.4 Å². The molecular weight excluding hydrogens is 300 g/mol. The molecule has 0 unspecified atom stereocenters. The van der Waals surface area contributed by atoms with Gasteiger partial charge in [-0.1, -0.05) is 19.9 Å². The molecule has 7 heteroatoms. The van der Waals surface area contributed by atoms with E-state index in [0.29, 0.717) is 18.5 Å². The van der Waals surface area contributed by atoms with E-state index in [9.17, 15) is 19.7 Å². The van der Waals surface area contributed by atoms with Gasteiger partial charge < -0.3 is 10.1 Å². The lowest BCUT2D eigenvalue weighted by Gasteiger charge is -2.35. The van der Waals surface area contributed by atoms with E-state index in [2.05, 4.69) is 5.32 Å². The molecule has 122 valence electrons. The molecule has 0 aromatic heterocycles. The van der Waals surface area contributed by atoms with Gasteiger partial charge in [0.2, 0.25) is 0 Å². The molecule has 2 fully saturated rings. The number of hydrogen-bond donors (Lipinski definition) is 1. The molecule has 1 saturated carbocycles. The highest BCUT2D eigenvalue weighted by atomic mass is 16.6. The first-order chi connectivity index (χ1) is 10.6. The van der Waals surface area contributed by atoms with Crippen LogP contribution in [0.2, 0.25) is 0 Å². The number of anilines is 1. The molecule has 1 aromatic carbocycles. The van der Waals surface area contributed by atoms with Crippen LogP contribution in [0.1, 0.15) is 33.6 Å². The summed E-state index contributed by atoms with van der Waals surface area (Å²) in [5.41, 5.74) is -2.37. The Morgan fingerprint density at radius 2 is 2.00 bits per heavy atom. The van der Waals surface area contributed by atoms with Crippen LogP contribution in [0.3, 0.4) is 0 Å². The van der Waals surface area contributed by atoms with E-state index in [-0.39, 0.29) is 11.7 Å². The number of fused-ring (bicyclic) bond motifs is 2. The number of ether oxygens (including phenoxy) is 1. The van der Waals surface area contributed by atoms with Crippen molar-refractivity contribution in [3.8, 4) is 0 Å². The third-order valence-corrected chi connectivity index (χ3v) is 5.77. The van der Waals surface area contributed by atoms with E-state index in [1.807, 2.05) is 20.8 Å². The first-order valence-corrected chi connectivity index (χ1v) is 7.43. The van der Waals surface area contributed by atoms with Crippen LogP contribution in [-0.2, 0) is 14.3 Å². The van der Waals surface area contributed by atoms with Gasteiger partial charge in [0, 0.05) is 23.2 Å². The minimum atomic E-state index is -1.23. The Hall–Kier alpha value is -2.44. The third kappa shape index (κ3) is 1.82. The van der Waals surface area contributed by atoms with Crippen molar-refractivity contribution in [2.75, 3.05) is 5.32 Å². The van der Waals surface area contributed by atoms with Crippen molar-refractivity contribution in [2.24, 2.45) is 10.8 Å². The van der Waals surface area contributed by atoms with Crippen molar-refractivity contribution in [1.29, 1.82) is 0 Å². The Morgan fingerprint density at radius 1 is 1.30 bits per heavy atom. The molecule has 1 aliphatic carbocycles. The monoisotopic (exact) mass is 318 g/mol. The van der Waals surface area contributed by atoms with Gasteiger partial charge in [-0.3, -0.25) is 19.7 Å². The molecule has 3 rings (SSSR count). The van der Waals surface area contributed by atoms with E-state index in [0.717, 1.165) is 0 Å². The van der Waals surface area contributed by atoms with Gasteiger partial charge in [-0.2, -0.15) is 0 Å². The largest absolute Gasteiger partial charge is 0.448 e. The molecule has 2 atom stereocenters. The number of nitrogens with zero attached hydrogens (tertiary/aromatic N) is 1. The zero-order valence-electron chi connectivity index (χ0n) is 13.2. The van der Waals surface area contributed by atoms with Crippen LogP contribution in [0.5, 0.6) is 0 Å². The van der Waals surface area contributed by atoms with E-state index in [1.54, 1.807) is 6.07 Å². The zero-order chi connectivity index (χ0) is 17.0. The van der Waals surface area contributed by atoms with E-state index >= 15 is 0 Å². The third-order valence-electron chi connectivity index (χ3n) is 5.77. The Bertz CT molecular complexity index is 729. The standard InChI is InChI=1S/C16H18N2O5/c1-14(2)15(3)7-8-16(14,23-13(15)20)12(19)17-10-5-4-6-11(9-10)18(21)22/h4-6,9H,7-8H2,1-3H3,(H,17,19)/t15-,16+/m1/s1. The molecule has 1 aromatic rings. The second-order valence-corrected chi connectivity index (χ2v) is 6.94. The van der Waals surface area contributed by atoms with Gasteiger partial charge in [0.1, 0.15) is 0 Å². The summed E-state index contributed by atoms with van der Waals surface area (Å²) in [4.78, 5) is 35.3. The molecule has 1 heterocycles. The second kappa shape index (κ2) is 4.53. The molecular formula is C16H18N2O5. The summed E-state index contributed by atoms with van der Waals surface area (Å²) in [6.45, 7) is 5.54. The summed E-state index contributed by atoms with van der Waals surface area (Å²) >= 11 is 0. The molecule has 0 radical (unpaired) electrons. The summed E-state index contributed by atoms with van der Waals surface area (Å²) in [7, 11) is 0. The molecule has 7 nitrogen and oxygen atoms in total. The fourth-order valence-corrected chi connectivity index (χ4v) is 3.68. The van der Waals surface area contributed by atoms with Gasteiger partial charge in [-0.15, -0.1) is 0 Å². The van der Waals surface area contributed by atoms with Gasteiger partial charge >= 0.3 is 5.97 Å². The van der Waals surface area contributed by atoms with Gasteiger partial charge in [0.25, 0.3) is 11.6 Å². The van der Waals surface area contributed by atoms with Gasteiger partial charge in [-0.05, 0) is 25.8 Å². The summed E-state index contributed by atoms with van der Waals surface area (Å²) in [6.07, 6.45) is 1.03. The first-order valence-electron chi connectivity index (χ1n) is 7.43. The number of carbonyl (C=O) groups excluding carboxylic acids is 2. The highest BCUT2D eigenvalue weighted by Crippen LogP contribution is 2.65. The molecule has 1 saturated heterocycles. The lowest BCUT2D eigenvalue weighted by atomic mass is 9.66. The van der Waals surface area contributed by atoms with Crippen LogP contribution in [0, 0.1) is 20.9 Å². The summed E-state index contributed by atoms with van der Waals surface area (Å²) in [5.74, 6) is -0.791. The molecule has 23 heavy (non-hydrogen) atoms. The number of esters is 1. The highest BCUT2D eigenvalue weighted by molar-refractivity contribution is 6.03. The fraction of sp³-hybridized carbons (Fsp3) is 0.500. The Labute approximate surface area is 133 Å². The second-order valence-electron chi connectivity index (χ2n) is 6.94. The molecule has 2 bridgehead atoms. The maximum Gasteiger partial charge on any atom is 0.313 e. The SMILES string of the molecule is CC1(C)[C@@]2(C(=O)Nc3cccc([N+](=O)[O-])c3)CC[C@]1(C)C(=O)O2. The summed E-state index contributed by atoms with van der Waals surface area (Å²) in [5, 5.41) is 13.5. The van der Waals surface area contributed by atoms with Crippen molar-refractivity contribution in [1.82, 2.24) is 0 Å². The highest BCUT2D eigenvalue weighted by Gasteiger charge is 2.75. The van der Waals surface area contributed by atoms with Crippen molar-refractivity contribution in [3.05, 3.63) is 34.4 Å². The number of amides is 1. The van der Waals surface area contributed by atoms with Gasteiger partial charge in [0.05, 0.1) is 10.3 Å². The van der Waals surface area contributed by atoms with Crippen LogP contribution >= 0.6 is 0 Å². The van der Waals surface area contributed by atoms with E-state index < -0.39 is 27.3 Å². The number of carbonyl (C=O) groups is 2. The molecule has 2 aliphatic rings. The van der Waals surface area contributed by atoms with Crippen LogP contribution in [0.4, 0.5) is 11.4 Å². The Morgan fingerprint density at radius 3 is 2.52 bits per heavy atom. The lowest BCUT2D eigenvalue weighted by molar-refractivity contribution is -0.384. The van der Waals surface area contributed by atoms with Crippen LogP contribution in [0.25, 0.3) is 0 Å².